The van der Waals surface area contributed by atoms with Crippen LogP contribution in [0.25, 0.3) is 60.7 Å². The van der Waals surface area contributed by atoms with Crippen molar-refractivity contribution < 1.29 is 9.15 Å². The van der Waals surface area contributed by atoms with Crippen molar-refractivity contribution >= 4 is 66.5 Å². The third-order valence-electron chi connectivity index (χ3n) is 10.5. The maximum atomic E-state index is 6.68. The van der Waals surface area contributed by atoms with Crippen LogP contribution >= 0.6 is 0 Å². The van der Waals surface area contributed by atoms with E-state index in [1.807, 2.05) is 36.5 Å². The number of nitrogens with zero attached hydrogens (tertiary/aromatic N) is 4. The van der Waals surface area contributed by atoms with Crippen molar-refractivity contribution in [2.75, 3.05) is 16.5 Å². The van der Waals surface area contributed by atoms with Gasteiger partial charge in [0.05, 0.1) is 22.4 Å². The van der Waals surface area contributed by atoms with Gasteiger partial charge in [-0.2, -0.15) is 0 Å². The molecule has 10 aromatic rings. The van der Waals surface area contributed by atoms with Crippen molar-refractivity contribution in [1.82, 2.24) is 9.55 Å². The van der Waals surface area contributed by atoms with Crippen LogP contribution in [-0.2, 0) is 0 Å². The lowest BCUT2D eigenvalue weighted by Crippen LogP contribution is -2.23. The minimum Gasteiger partial charge on any atom is -0.457 e. The van der Waals surface area contributed by atoms with Crippen molar-refractivity contribution in [3.05, 3.63) is 182 Å². The number of anilines is 4. The number of furan rings is 1. The largest absolute Gasteiger partial charge is 0.457 e. The Morgan fingerprint density at radius 1 is 0.463 bits per heavy atom. The number of ether oxygens (including phenoxy) is 1. The standard InChI is InChI=1S/C48H32N4O2/c1-3-12-32(13-4-1)33-22-25-42-40(26-33)38-24-23-37(28-45(38)52(42)48-29-47-41(30-49-48)39-18-7-10-21-46(39)54-47)53-36-17-11-16-35(27-36)51-31-50(34-14-5-2-6-15-34)43-19-8-9-20-44(43)51/h1-30H,31H2. The molecule has 3 aromatic heterocycles. The van der Waals surface area contributed by atoms with Crippen LogP contribution in [0.3, 0.4) is 0 Å². The van der Waals surface area contributed by atoms with E-state index in [9.17, 15) is 0 Å². The van der Waals surface area contributed by atoms with E-state index in [0.717, 1.165) is 83.7 Å². The Balaban J connectivity index is 1.01. The van der Waals surface area contributed by atoms with Crippen LogP contribution in [0.2, 0.25) is 0 Å². The van der Waals surface area contributed by atoms with E-state index in [1.165, 1.54) is 11.3 Å². The fourth-order valence-electron chi connectivity index (χ4n) is 7.97. The zero-order valence-electron chi connectivity index (χ0n) is 29.1. The fourth-order valence-corrected chi connectivity index (χ4v) is 7.97. The molecule has 11 rings (SSSR count). The highest BCUT2D eigenvalue weighted by Crippen LogP contribution is 2.45. The Labute approximate surface area is 311 Å². The maximum Gasteiger partial charge on any atom is 0.141 e. The number of aromatic nitrogens is 2. The highest BCUT2D eigenvalue weighted by molar-refractivity contribution is 6.11. The number of benzene rings is 7. The number of para-hydroxylation sites is 4. The molecule has 0 aliphatic carbocycles. The lowest BCUT2D eigenvalue weighted by atomic mass is 10.0. The molecule has 0 unspecified atom stereocenters. The summed E-state index contributed by atoms with van der Waals surface area (Å²) in [5.41, 5.74) is 10.6. The van der Waals surface area contributed by atoms with E-state index in [-0.39, 0.29) is 0 Å². The van der Waals surface area contributed by atoms with Crippen LogP contribution in [0.5, 0.6) is 11.5 Å². The number of pyridine rings is 1. The summed E-state index contributed by atoms with van der Waals surface area (Å²) in [4.78, 5) is 9.70. The van der Waals surface area contributed by atoms with Gasteiger partial charge in [0, 0.05) is 57.3 Å². The third-order valence-corrected chi connectivity index (χ3v) is 10.5. The molecular weight excluding hydrogens is 665 g/mol. The predicted octanol–water partition coefficient (Wildman–Crippen LogP) is 12.8. The summed E-state index contributed by atoms with van der Waals surface area (Å²) < 4.78 is 15.2. The number of rotatable bonds is 6. The van der Waals surface area contributed by atoms with Crippen LogP contribution in [-0.4, -0.2) is 16.2 Å². The average Bonchev–Trinajstić information content (AvgIpc) is 3.91. The van der Waals surface area contributed by atoms with Gasteiger partial charge in [-0.25, -0.2) is 4.98 Å². The molecule has 0 N–H and O–H groups in total. The summed E-state index contributed by atoms with van der Waals surface area (Å²) in [6, 6.07) is 61.1. The Morgan fingerprint density at radius 2 is 1.19 bits per heavy atom. The van der Waals surface area contributed by atoms with E-state index >= 15 is 0 Å². The lowest BCUT2D eigenvalue weighted by Gasteiger charge is -2.22. The van der Waals surface area contributed by atoms with Gasteiger partial charge in [0.25, 0.3) is 0 Å². The number of fused-ring (bicyclic) bond motifs is 7. The van der Waals surface area contributed by atoms with Crippen molar-refractivity contribution in [3.8, 4) is 28.4 Å². The zero-order chi connectivity index (χ0) is 35.6. The van der Waals surface area contributed by atoms with Crippen LogP contribution < -0.4 is 14.5 Å². The molecule has 0 bridgehead atoms. The highest BCUT2D eigenvalue weighted by atomic mass is 16.5. The van der Waals surface area contributed by atoms with E-state index < -0.39 is 0 Å². The molecule has 0 saturated carbocycles. The molecule has 0 amide bonds. The first kappa shape index (κ1) is 30.3. The molecule has 256 valence electrons. The molecule has 0 radical (unpaired) electrons. The van der Waals surface area contributed by atoms with Crippen LogP contribution in [0, 0.1) is 0 Å². The van der Waals surface area contributed by atoms with Crippen LogP contribution in [0.15, 0.2) is 187 Å². The van der Waals surface area contributed by atoms with Gasteiger partial charge in [0.1, 0.15) is 35.2 Å². The molecule has 7 aromatic carbocycles. The summed E-state index contributed by atoms with van der Waals surface area (Å²) in [6.45, 7) is 0.701. The van der Waals surface area contributed by atoms with Crippen molar-refractivity contribution in [2.24, 2.45) is 0 Å². The zero-order valence-corrected chi connectivity index (χ0v) is 29.1. The second-order valence-electron chi connectivity index (χ2n) is 13.7. The number of hydrogen-bond acceptors (Lipinski definition) is 5. The Bertz CT molecular complexity index is 3020. The second-order valence-corrected chi connectivity index (χ2v) is 13.7. The van der Waals surface area contributed by atoms with E-state index in [0.29, 0.717) is 6.67 Å². The van der Waals surface area contributed by atoms with Crippen molar-refractivity contribution in [2.45, 2.75) is 0 Å². The third kappa shape index (κ3) is 4.92. The Kier molecular flexibility index (Phi) is 6.82. The molecule has 54 heavy (non-hydrogen) atoms. The molecule has 4 heterocycles. The molecule has 0 spiro atoms. The lowest BCUT2D eigenvalue weighted by molar-refractivity contribution is 0.483. The molecule has 0 fully saturated rings. The van der Waals surface area contributed by atoms with Crippen molar-refractivity contribution in [1.29, 1.82) is 0 Å². The summed E-state index contributed by atoms with van der Waals surface area (Å²) in [7, 11) is 0. The molecule has 6 heteroatoms. The maximum absolute atomic E-state index is 6.68. The van der Waals surface area contributed by atoms with Gasteiger partial charge >= 0.3 is 0 Å². The Hall–Kier alpha value is -7.31. The van der Waals surface area contributed by atoms with Crippen molar-refractivity contribution in [3.63, 3.8) is 0 Å². The smallest absolute Gasteiger partial charge is 0.141 e. The first-order valence-electron chi connectivity index (χ1n) is 18.1. The van der Waals surface area contributed by atoms with Gasteiger partial charge in [-0.15, -0.1) is 0 Å². The Morgan fingerprint density at radius 3 is 2.04 bits per heavy atom. The fraction of sp³-hybridized carbons (Fsp3) is 0.0208. The molecule has 1 aliphatic rings. The van der Waals surface area contributed by atoms with Gasteiger partial charge in [-0.1, -0.05) is 91.0 Å². The monoisotopic (exact) mass is 696 g/mol. The normalized spacial score (nSPS) is 12.7. The topological polar surface area (TPSA) is 46.7 Å². The van der Waals surface area contributed by atoms with Gasteiger partial charge in [0.15, 0.2) is 0 Å². The van der Waals surface area contributed by atoms with E-state index in [2.05, 4.69) is 160 Å². The van der Waals surface area contributed by atoms with E-state index in [4.69, 9.17) is 14.1 Å². The predicted molar refractivity (Wildman–Crippen MR) is 220 cm³/mol. The summed E-state index contributed by atoms with van der Waals surface area (Å²) in [6.07, 6.45) is 1.92. The summed E-state index contributed by atoms with van der Waals surface area (Å²) in [5, 5.41) is 4.31. The quantitative estimate of drug-likeness (QED) is 0.173. The first-order valence-corrected chi connectivity index (χ1v) is 18.1. The van der Waals surface area contributed by atoms with Gasteiger partial charge in [-0.3, -0.25) is 4.57 Å². The van der Waals surface area contributed by atoms with Crippen LogP contribution in [0.4, 0.5) is 22.7 Å². The summed E-state index contributed by atoms with van der Waals surface area (Å²) in [5.74, 6) is 2.28. The van der Waals surface area contributed by atoms with Gasteiger partial charge in [0.2, 0.25) is 0 Å². The highest BCUT2D eigenvalue weighted by Gasteiger charge is 2.28. The van der Waals surface area contributed by atoms with E-state index in [1.54, 1.807) is 0 Å². The molecule has 0 atom stereocenters. The SMILES string of the molecule is c1ccc(-c2ccc3c(c2)c2ccc(Oc4cccc(N5CN(c6ccccc6)c6ccccc65)c4)cc2n3-c2cc3oc4ccccc4c3cn2)cc1. The molecule has 1 aliphatic heterocycles. The number of hydrogen-bond donors (Lipinski definition) is 0. The van der Waals surface area contributed by atoms with Crippen LogP contribution in [0.1, 0.15) is 0 Å². The summed E-state index contributed by atoms with van der Waals surface area (Å²) >= 11 is 0. The molecular formula is C48H32N4O2. The molecule has 0 saturated heterocycles. The second kappa shape index (κ2) is 12.1. The van der Waals surface area contributed by atoms with Gasteiger partial charge < -0.3 is 19.0 Å². The molecule has 6 nitrogen and oxygen atoms in total. The first-order chi connectivity index (χ1) is 26.7. The minimum atomic E-state index is 0.701. The average molecular weight is 697 g/mol. The van der Waals surface area contributed by atoms with Gasteiger partial charge in [-0.05, 0) is 77.9 Å². The minimum absolute atomic E-state index is 0.701.